The van der Waals surface area contributed by atoms with Crippen molar-refractivity contribution in [3.8, 4) is 11.3 Å². The van der Waals surface area contributed by atoms with Crippen LogP contribution in [0.25, 0.3) is 11.3 Å². The van der Waals surface area contributed by atoms with Gasteiger partial charge in [0.2, 0.25) is 15.9 Å². The SMILES string of the molecule is Cc1sc(NC(=O)CN(C)S(=O)(=O)c2ccc(Cl)cc2)nc1-c1ccccc1. The normalized spacial score (nSPS) is 11.6. The molecule has 0 fully saturated rings. The standard InChI is InChI=1S/C19H18ClN3O3S2/c1-13-18(14-6-4-3-5-7-14)22-19(27-13)21-17(24)12-23(2)28(25,26)16-10-8-15(20)9-11-16/h3-11H,12H2,1-2H3,(H,21,22,24). The number of nitrogens with one attached hydrogen (secondary N) is 1. The summed E-state index contributed by atoms with van der Waals surface area (Å²) in [6.45, 7) is 1.59. The van der Waals surface area contributed by atoms with Gasteiger partial charge in [-0.1, -0.05) is 41.9 Å². The molecule has 28 heavy (non-hydrogen) atoms. The van der Waals surface area contributed by atoms with Crippen LogP contribution in [0.2, 0.25) is 5.02 Å². The Morgan fingerprint density at radius 2 is 1.79 bits per heavy atom. The van der Waals surface area contributed by atoms with Gasteiger partial charge >= 0.3 is 0 Å². The molecule has 0 atom stereocenters. The highest BCUT2D eigenvalue weighted by Crippen LogP contribution is 2.30. The fourth-order valence-electron chi connectivity index (χ4n) is 2.55. The Hall–Kier alpha value is -2.26. The summed E-state index contributed by atoms with van der Waals surface area (Å²) in [6, 6.07) is 15.4. The number of halogens is 1. The molecule has 3 aromatic rings. The van der Waals surface area contributed by atoms with E-state index in [9.17, 15) is 13.2 Å². The van der Waals surface area contributed by atoms with E-state index in [-0.39, 0.29) is 11.4 Å². The topological polar surface area (TPSA) is 79.4 Å². The number of anilines is 1. The first kappa shape index (κ1) is 20.5. The quantitative estimate of drug-likeness (QED) is 0.633. The molecule has 3 rings (SSSR count). The Labute approximate surface area is 172 Å². The van der Waals surface area contributed by atoms with E-state index in [0.717, 1.165) is 20.4 Å². The maximum absolute atomic E-state index is 12.6. The zero-order valence-electron chi connectivity index (χ0n) is 15.2. The molecule has 0 bridgehead atoms. The summed E-state index contributed by atoms with van der Waals surface area (Å²) in [5.41, 5.74) is 1.75. The zero-order chi connectivity index (χ0) is 20.3. The molecule has 1 aromatic heterocycles. The molecular weight excluding hydrogens is 418 g/mol. The first-order chi connectivity index (χ1) is 13.3. The van der Waals surface area contributed by atoms with Crippen molar-refractivity contribution in [1.29, 1.82) is 0 Å². The van der Waals surface area contributed by atoms with Crippen LogP contribution in [0.4, 0.5) is 5.13 Å². The lowest BCUT2D eigenvalue weighted by Crippen LogP contribution is -2.34. The number of aromatic nitrogens is 1. The number of nitrogens with zero attached hydrogens (tertiary/aromatic N) is 2. The lowest BCUT2D eigenvalue weighted by molar-refractivity contribution is -0.116. The number of rotatable bonds is 6. The van der Waals surface area contributed by atoms with Crippen LogP contribution in [0.5, 0.6) is 0 Å². The molecule has 146 valence electrons. The van der Waals surface area contributed by atoms with Gasteiger partial charge in [0, 0.05) is 22.5 Å². The van der Waals surface area contributed by atoms with E-state index in [1.165, 1.54) is 42.6 Å². The molecule has 0 radical (unpaired) electrons. The number of likely N-dealkylation sites (N-methyl/N-ethyl adjacent to an activating group) is 1. The Bertz CT molecular complexity index is 1080. The third-order valence-corrected chi connectivity index (χ3v) is 6.93. The number of hydrogen-bond donors (Lipinski definition) is 1. The van der Waals surface area contributed by atoms with Crippen molar-refractivity contribution in [3.63, 3.8) is 0 Å². The van der Waals surface area contributed by atoms with E-state index in [1.54, 1.807) is 0 Å². The monoisotopic (exact) mass is 435 g/mol. The van der Waals surface area contributed by atoms with Crippen LogP contribution < -0.4 is 5.32 Å². The summed E-state index contributed by atoms with van der Waals surface area (Å²) in [4.78, 5) is 17.8. The number of aryl methyl sites for hydroxylation is 1. The van der Waals surface area contributed by atoms with Crippen molar-refractivity contribution in [2.24, 2.45) is 0 Å². The summed E-state index contributed by atoms with van der Waals surface area (Å²) in [6.07, 6.45) is 0. The van der Waals surface area contributed by atoms with Crippen LogP contribution >= 0.6 is 22.9 Å². The molecule has 0 saturated carbocycles. The maximum atomic E-state index is 12.6. The number of benzene rings is 2. The van der Waals surface area contributed by atoms with Crippen molar-refractivity contribution in [1.82, 2.24) is 9.29 Å². The van der Waals surface area contributed by atoms with Crippen LogP contribution in [0.3, 0.4) is 0 Å². The first-order valence-electron chi connectivity index (χ1n) is 8.32. The van der Waals surface area contributed by atoms with Gasteiger partial charge in [-0.15, -0.1) is 11.3 Å². The smallest absolute Gasteiger partial charge is 0.243 e. The largest absolute Gasteiger partial charge is 0.301 e. The molecular formula is C19H18ClN3O3S2. The Morgan fingerprint density at radius 1 is 1.14 bits per heavy atom. The predicted molar refractivity (Wildman–Crippen MR) is 112 cm³/mol. The average Bonchev–Trinajstić information content (AvgIpc) is 3.02. The number of sulfonamides is 1. The highest BCUT2D eigenvalue weighted by Gasteiger charge is 2.23. The third-order valence-electron chi connectivity index (χ3n) is 3.98. The van der Waals surface area contributed by atoms with Crippen LogP contribution in [0.15, 0.2) is 59.5 Å². The minimum absolute atomic E-state index is 0.0728. The highest BCUT2D eigenvalue weighted by molar-refractivity contribution is 7.89. The summed E-state index contributed by atoms with van der Waals surface area (Å²) in [5, 5.41) is 3.54. The minimum atomic E-state index is -3.79. The van der Waals surface area contributed by atoms with Gasteiger partial charge in [-0.25, -0.2) is 13.4 Å². The van der Waals surface area contributed by atoms with E-state index in [0.29, 0.717) is 10.2 Å². The van der Waals surface area contributed by atoms with Gasteiger partial charge in [-0.3, -0.25) is 4.79 Å². The van der Waals surface area contributed by atoms with Gasteiger partial charge < -0.3 is 5.32 Å². The second-order valence-electron chi connectivity index (χ2n) is 6.05. The van der Waals surface area contributed by atoms with Gasteiger partial charge in [-0.05, 0) is 31.2 Å². The third kappa shape index (κ3) is 4.59. The van der Waals surface area contributed by atoms with Crippen LogP contribution in [-0.2, 0) is 14.8 Å². The summed E-state index contributed by atoms with van der Waals surface area (Å²) >= 11 is 7.14. The van der Waals surface area contributed by atoms with Gasteiger partial charge in [-0.2, -0.15) is 4.31 Å². The van der Waals surface area contributed by atoms with E-state index < -0.39 is 15.9 Å². The second kappa shape index (κ2) is 8.40. The fraction of sp³-hybridized carbons (Fsp3) is 0.158. The van der Waals surface area contributed by atoms with Crippen molar-refractivity contribution < 1.29 is 13.2 Å². The van der Waals surface area contributed by atoms with Crippen molar-refractivity contribution >= 4 is 44.0 Å². The van der Waals surface area contributed by atoms with E-state index in [2.05, 4.69) is 10.3 Å². The minimum Gasteiger partial charge on any atom is -0.301 e. The van der Waals surface area contributed by atoms with Gasteiger partial charge in [0.15, 0.2) is 5.13 Å². The molecule has 0 unspecified atom stereocenters. The molecule has 0 aliphatic rings. The lowest BCUT2D eigenvalue weighted by atomic mass is 10.1. The number of hydrogen-bond acceptors (Lipinski definition) is 5. The molecule has 0 aliphatic heterocycles. The predicted octanol–water partition coefficient (Wildman–Crippen LogP) is 4.03. The number of thiazole rings is 1. The maximum Gasteiger partial charge on any atom is 0.243 e. The van der Waals surface area contributed by atoms with Crippen LogP contribution in [0.1, 0.15) is 4.88 Å². The molecule has 1 heterocycles. The highest BCUT2D eigenvalue weighted by atomic mass is 35.5. The average molecular weight is 436 g/mol. The Kier molecular flexibility index (Phi) is 6.14. The number of carbonyl (C=O) groups is 1. The summed E-state index contributed by atoms with van der Waals surface area (Å²) < 4.78 is 26.1. The molecule has 6 nitrogen and oxygen atoms in total. The molecule has 1 amide bonds. The van der Waals surface area contributed by atoms with Gasteiger partial charge in [0.25, 0.3) is 0 Å². The molecule has 2 aromatic carbocycles. The summed E-state index contributed by atoms with van der Waals surface area (Å²) in [7, 11) is -2.44. The lowest BCUT2D eigenvalue weighted by Gasteiger charge is -2.16. The molecule has 9 heteroatoms. The van der Waals surface area contributed by atoms with Crippen LogP contribution in [-0.4, -0.2) is 37.2 Å². The Morgan fingerprint density at radius 3 is 2.43 bits per heavy atom. The fourth-order valence-corrected chi connectivity index (χ4v) is 4.65. The van der Waals surface area contributed by atoms with Crippen molar-refractivity contribution in [2.75, 3.05) is 18.9 Å². The Balaban J connectivity index is 1.69. The van der Waals surface area contributed by atoms with Crippen LogP contribution in [0, 0.1) is 6.92 Å². The van der Waals surface area contributed by atoms with E-state index >= 15 is 0 Å². The van der Waals surface area contributed by atoms with Crippen molar-refractivity contribution in [3.05, 3.63) is 64.5 Å². The van der Waals surface area contributed by atoms with Crippen molar-refractivity contribution in [2.45, 2.75) is 11.8 Å². The van der Waals surface area contributed by atoms with E-state index in [4.69, 9.17) is 11.6 Å². The number of carbonyl (C=O) groups excluding carboxylic acids is 1. The first-order valence-corrected chi connectivity index (χ1v) is 11.0. The molecule has 1 N–H and O–H groups in total. The van der Waals surface area contributed by atoms with Gasteiger partial charge in [0.1, 0.15) is 0 Å². The number of amides is 1. The zero-order valence-corrected chi connectivity index (χ0v) is 17.6. The summed E-state index contributed by atoms with van der Waals surface area (Å²) in [5.74, 6) is -0.464. The molecule has 0 spiro atoms. The van der Waals surface area contributed by atoms with E-state index in [1.807, 2.05) is 37.3 Å². The van der Waals surface area contributed by atoms with Gasteiger partial charge in [0.05, 0.1) is 17.1 Å². The second-order valence-corrected chi connectivity index (χ2v) is 9.74. The molecule has 0 aliphatic carbocycles. The molecule has 0 saturated heterocycles.